The van der Waals surface area contributed by atoms with Crippen molar-refractivity contribution in [3.63, 3.8) is 0 Å². The van der Waals surface area contributed by atoms with Crippen LogP contribution in [0.25, 0.3) is 0 Å². The SMILES string of the molecule is CCC(C)n1ccc(CC(NN)c2cccc(C)c2C)n1. The summed E-state index contributed by atoms with van der Waals surface area (Å²) in [7, 11) is 0. The zero-order chi connectivity index (χ0) is 15.4. The molecule has 1 aromatic carbocycles. The predicted molar refractivity (Wildman–Crippen MR) is 86.9 cm³/mol. The van der Waals surface area contributed by atoms with Crippen molar-refractivity contribution < 1.29 is 0 Å². The van der Waals surface area contributed by atoms with Gasteiger partial charge in [-0.1, -0.05) is 25.1 Å². The first-order valence-corrected chi connectivity index (χ1v) is 7.63. The molecule has 0 bridgehead atoms. The summed E-state index contributed by atoms with van der Waals surface area (Å²) in [6.45, 7) is 8.63. The Morgan fingerprint density at radius 3 is 2.71 bits per heavy atom. The number of hydrogen-bond donors (Lipinski definition) is 2. The van der Waals surface area contributed by atoms with Crippen LogP contribution in [0.3, 0.4) is 0 Å². The van der Waals surface area contributed by atoms with E-state index in [1.165, 1.54) is 16.7 Å². The maximum Gasteiger partial charge on any atom is 0.0644 e. The highest BCUT2D eigenvalue weighted by molar-refractivity contribution is 5.35. The van der Waals surface area contributed by atoms with Gasteiger partial charge in [0.1, 0.15) is 0 Å². The lowest BCUT2D eigenvalue weighted by Gasteiger charge is -2.19. The van der Waals surface area contributed by atoms with Crippen LogP contribution in [-0.4, -0.2) is 9.78 Å². The van der Waals surface area contributed by atoms with Gasteiger partial charge in [0.25, 0.3) is 0 Å². The van der Waals surface area contributed by atoms with Gasteiger partial charge in [-0.3, -0.25) is 16.0 Å². The van der Waals surface area contributed by atoms with Gasteiger partial charge < -0.3 is 0 Å². The van der Waals surface area contributed by atoms with Gasteiger partial charge in [-0.2, -0.15) is 5.10 Å². The average Bonchev–Trinajstić information content (AvgIpc) is 2.95. The highest BCUT2D eigenvalue weighted by Crippen LogP contribution is 2.23. The Balaban J connectivity index is 2.19. The third kappa shape index (κ3) is 3.52. The van der Waals surface area contributed by atoms with Crippen LogP contribution in [-0.2, 0) is 6.42 Å². The number of nitrogens with two attached hydrogens (primary N) is 1. The third-order valence-electron chi connectivity index (χ3n) is 4.34. The molecule has 114 valence electrons. The molecule has 0 aliphatic carbocycles. The largest absolute Gasteiger partial charge is 0.271 e. The first-order chi connectivity index (χ1) is 10.1. The van der Waals surface area contributed by atoms with Crippen LogP contribution in [0.4, 0.5) is 0 Å². The van der Waals surface area contributed by atoms with E-state index in [9.17, 15) is 0 Å². The molecule has 21 heavy (non-hydrogen) atoms. The van der Waals surface area contributed by atoms with Crippen LogP contribution in [0.15, 0.2) is 30.5 Å². The Hall–Kier alpha value is -1.65. The molecular weight excluding hydrogens is 260 g/mol. The molecule has 0 spiro atoms. The minimum atomic E-state index is 0.0881. The molecule has 0 saturated carbocycles. The number of aryl methyl sites for hydroxylation is 1. The minimum Gasteiger partial charge on any atom is -0.271 e. The fraction of sp³-hybridized carbons (Fsp3) is 0.471. The number of rotatable bonds is 6. The van der Waals surface area contributed by atoms with Gasteiger partial charge in [0.05, 0.1) is 11.7 Å². The fourth-order valence-electron chi connectivity index (χ4n) is 2.54. The maximum absolute atomic E-state index is 5.78. The molecule has 4 nitrogen and oxygen atoms in total. The van der Waals surface area contributed by atoms with Crippen molar-refractivity contribution in [2.24, 2.45) is 5.84 Å². The van der Waals surface area contributed by atoms with Crippen LogP contribution in [0, 0.1) is 13.8 Å². The van der Waals surface area contributed by atoms with Crippen LogP contribution in [0.5, 0.6) is 0 Å². The van der Waals surface area contributed by atoms with Gasteiger partial charge >= 0.3 is 0 Å². The third-order valence-corrected chi connectivity index (χ3v) is 4.34. The molecular formula is C17H26N4. The van der Waals surface area contributed by atoms with Crippen molar-refractivity contribution in [1.29, 1.82) is 0 Å². The van der Waals surface area contributed by atoms with E-state index in [1.807, 2.05) is 4.68 Å². The fourth-order valence-corrected chi connectivity index (χ4v) is 2.54. The van der Waals surface area contributed by atoms with Gasteiger partial charge in [-0.25, -0.2) is 0 Å². The van der Waals surface area contributed by atoms with Gasteiger partial charge in [0, 0.05) is 18.7 Å². The Morgan fingerprint density at radius 2 is 2.05 bits per heavy atom. The molecule has 3 N–H and O–H groups in total. The molecule has 0 aliphatic heterocycles. The summed E-state index contributed by atoms with van der Waals surface area (Å²) < 4.78 is 2.03. The zero-order valence-corrected chi connectivity index (χ0v) is 13.4. The van der Waals surface area contributed by atoms with Crippen LogP contribution in [0.1, 0.15) is 54.7 Å². The number of hydrazine groups is 1. The first-order valence-electron chi connectivity index (χ1n) is 7.63. The van der Waals surface area contributed by atoms with E-state index in [1.54, 1.807) is 0 Å². The van der Waals surface area contributed by atoms with E-state index in [0.717, 1.165) is 18.5 Å². The molecule has 1 heterocycles. The average molecular weight is 286 g/mol. The second-order valence-electron chi connectivity index (χ2n) is 5.76. The Kier molecular flexibility index (Phi) is 5.15. The van der Waals surface area contributed by atoms with E-state index in [0.29, 0.717) is 6.04 Å². The van der Waals surface area contributed by atoms with E-state index < -0.39 is 0 Å². The molecule has 0 amide bonds. The standard InChI is InChI=1S/C17H26N4/c1-5-13(3)21-10-9-15(20-21)11-17(19-18)16-8-6-7-12(2)14(16)4/h6-10,13,17,19H,5,11,18H2,1-4H3. The van der Waals surface area contributed by atoms with Crippen LogP contribution < -0.4 is 11.3 Å². The smallest absolute Gasteiger partial charge is 0.0644 e. The number of nitrogens with one attached hydrogen (secondary N) is 1. The molecule has 2 atom stereocenters. The highest BCUT2D eigenvalue weighted by atomic mass is 15.3. The molecule has 0 saturated heterocycles. The number of benzene rings is 1. The summed E-state index contributed by atoms with van der Waals surface area (Å²) in [5, 5.41) is 4.67. The first kappa shape index (κ1) is 15.7. The molecule has 2 unspecified atom stereocenters. The quantitative estimate of drug-likeness (QED) is 0.633. The highest BCUT2D eigenvalue weighted by Gasteiger charge is 2.15. The molecule has 1 aromatic heterocycles. The van der Waals surface area contributed by atoms with Crippen molar-refractivity contribution in [2.45, 2.75) is 52.6 Å². The molecule has 0 radical (unpaired) electrons. The summed E-state index contributed by atoms with van der Waals surface area (Å²) in [6.07, 6.45) is 3.93. The lowest BCUT2D eigenvalue weighted by atomic mass is 9.95. The minimum absolute atomic E-state index is 0.0881. The van der Waals surface area contributed by atoms with Crippen LogP contribution in [0.2, 0.25) is 0 Å². The van der Waals surface area contributed by atoms with E-state index in [4.69, 9.17) is 5.84 Å². The normalized spacial score (nSPS) is 14.1. The van der Waals surface area contributed by atoms with Gasteiger partial charge in [0.2, 0.25) is 0 Å². The molecule has 4 heteroatoms. The van der Waals surface area contributed by atoms with Gasteiger partial charge in [-0.15, -0.1) is 0 Å². The van der Waals surface area contributed by atoms with Gasteiger partial charge in [-0.05, 0) is 49.9 Å². The number of hydrogen-bond acceptors (Lipinski definition) is 3. The summed E-state index contributed by atoms with van der Waals surface area (Å²) in [5.41, 5.74) is 7.84. The second kappa shape index (κ2) is 6.87. The second-order valence-corrected chi connectivity index (χ2v) is 5.76. The summed E-state index contributed by atoms with van der Waals surface area (Å²) >= 11 is 0. The van der Waals surface area contributed by atoms with Crippen molar-refractivity contribution >= 4 is 0 Å². The molecule has 0 aliphatic rings. The lowest BCUT2D eigenvalue weighted by Crippen LogP contribution is -2.30. The summed E-state index contributed by atoms with van der Waals surface area (Å²) in [6, 6.07) is 8.96. The maximum atomic E-state index is 5.78. The van der Waals surface area contributed by atoms with E-state index in [-0.39, 0.29) is 6.04 Å². The molecule has 0 fully saturated rings. The van der Waals surface area contributed by atoms with Crippen molar-refractivity contribution in [3.05, 3.63) is 52.8 Å². The Bertz CT molecular complexity index is 588. The summed E-state index contributed by atoms with van der Waals surface area (Å²) in [4.78, 5) is 0. The van der Waals surface area contributed by atoms with Crippen molar-refractivity contribution in [1.82, 2.24) is 15.2 Å². The monoisotopic (exact) mass is 286 g/mol. The summed E-state index contributed by atoms with van der Waals surface area (Å²) in [5.74, 6) is 5.78. The number of aromatic nitrogens is 2. The van der Waals surface area contributed by atoms with E-state index >= 15 is 0 Å². The molecule has 2 aromatic rings. The zero-order valence-electron chi connectivity index (χ0n) is 13.4. The van der Waals surface area contributed by atoms with Crippen molar-refractivity contribution in [2.75, 3.05) is 0 Å². The van der Waals surface area contributed by atoms with Gasteiger partial charge in [0.15, 0.2) is 0 Å². The lowest BCUT2D eigenvalue weighted by molar-refractivity contribution is 0.467. The van der Waals surface area contributed by atoms with Crippen molar-refractivity contribution in [3.8, 4) is 0 Å². The molecule has 2 rings (SSSR count). The van der Waals surface area contributed by atoms with E-state index in [2.05, 4.69) is 68.7 Å². The van der Waals surface area contributed by atoms with Crippen LogP contribution >= 0.6 is 0 Å². The predicted octanol–water partition coefficient (Wildman–Crippen LogP) is 3.22. The Labute approximate surface area is 127 Å². The Morgan fingerprint density at radius 1 is 1.29 bits per heavy atom. The topological polar surface area (TPSA) is 55.9 Å². The number of nitrogens with zero attached hydrogens (tertiary/aromatic N) is 2.